The number of aromatic nitrogens is 3. The highest BCUT2D eigenvalue weighted by Crippen LogP contribution is 2.24. The Morgan fingerprint density at radius 2 is 1.39 bits per heavy atom. The molecule has 0 saturated carbocycles. The van der Waals surface area contributed by atoms with E-state index >= 15 is 0 Å². The number of aryl methyl sites for hydroxylation is 2. The summed E-state index contributed by atoms with van der Waals surface area (Å²) in [6.07, 6.45) is 0. The van der Waals surface area contributed by atoms with E-state index in [9.17, 15) is 4.39 Å². The van der Waals surface area contributed by atoms with Gasteiger partial charge in [0.05, 0.1) is 0 Å². The molecule has 3 aromatic carbocycles. The van der Waals surface area contributed by atoms with Gasteiger partial charge < -0.3 is 4.74 Å². The molecular formula is C23H20FN3O. The topological polar surface area (TPSA) is 39.9 Å². The molecule has 0 spiro atoms. The summed E-state index contributed by atoms with van der Waals surface area (Å²) < 4.78 is 21.2. The third kappa shape index (κ3) is 3.78. The minimum atomic E-state index is -0.284. The SMILES string of the molecule is Cc1ccc(OCc2nnc(-c3ccc(F)cc3)n2-c2ccc(C)cc2)cc1. The second kappa shape index (κ2) is 7.64. The van der Waals surface area contributed by atoms with Gasteiger partial charge in [0.25, 0.3) is 0 Å². The highest BCUT2D eigenvalue weighted by Gasteiger charge is 2.16. The van der Waals surface area contributed by atoms with Gasteiger partial charge in [-0.25, -0.2) is 4.39 Å². The van der Waals surface area contributed by atoms with E-state index in [4.69, 9.17) is 4.74 Å². The summed E-state index contributed by atoms with van der Waals surface area (Å²) in [5.41, 5.74) is 4.06. The van der Waals surface area contributed by atoms with Crippen molar-refractivity contribution in [2.75, 3.05) is 0 Å². The smallest absolute Gasteiger partial charge is 0.175 e. The number of rotatable bonds is 5. The predicted molar refractivity (Wildman–Crippen MR) is 107 cm³/mol. The van der Waals surface area contributed by atoms with Crippen molar-refractivity contribution in [3.63, 3.8) is 0 Å². The van der Waals surface area contributed by atoms with Crippen molar-refractivity contribution in [1.82, 2.24) is 14.8 Å². The number of ether oxygens (including phenoxy) is 1. The number of hydrogen-bond acceptors (Lipinski definition) is 3. The third-order valence-corrected chi connectivity index (χ3v) is 4.51. The molecule has 4 nitrogen and oxygen atoms in total. The number of nitrogens with zero attached hydrogens (tertiary/aromatic N) is 3. The van der Waals surface area contributed by atoms with E-state index < -0.39 is 0 Å². The molecule has 0 bridgehead atoms. The van der Waals surface area contributed by atoms with Gasteiger partial charge in [0, 0.05) is 11.3 Å². The summed E-state index contributed by atoms with van der Waals surface area (Å²) >= 11 is 0. The van der Waals surface area contributed by atoms with E-state index in [0.717, 1.165) is 22.6 Å². The van der Waals surface area contributed by atoms with Gasteiger partial charge in [-0.2, -0.15) is 0 Å². The molecule has 0 aliphatic carbocycles. The van der Waals surface area contributed by atoms with Crippen LogP contribution in [0.15, 0.2) is 72.8 Å². The standard InChI is InChI=1S/C23H20FN3O/c1-16-3-11-20(12-4-16)27-22(15-28-21-13-5-17(2)6-14-21)25-26-23(27)18-7-9-19(24)10-8-18/h3-14H,15H2,1-2H3. The maximum Gasteiger partial charge on any atom is 0.175 e. The van der Waals surface area contributed by atoms with Crippen molar-refractivity contribution >= 4 is 0 Å². The normalized spacial score (nSPS) is 10.8. The van der Waals surface area contributed by atoms with Crippen LogP contribution in [0.4, 0.5) is 4.39 Å². The van der Waals surface area contributed by atoms with Crippen LogP contribution < -0.4 is 4.74 Å². The van der Waals surface area contributed by atoms with Crippen LogP contribution in [-0.2, 0) is 6.61 Å². The Kier molecular flexibility index (Phi) is 4.89. The van der Waals surface area contributed by atoms with E-state index in [-0.39, 0.29) is 12.4 Å². The Morgan fingerprint density at radius 3 is 2.04 bits per heavy atom. The van der Waals surface area contributed by atoms with Crippen molar-refractivity contribution in [3.8, 4) is 22.8 Å². The number of hydrogen-bond donors (Lipinski definition) is 0. The molecule has 0 N–H and O–H groups in total. The average molecular weight is 373 g/mol. The van der Waals surface area contributed by atoms with Crippen molar-refractivity contribution in [3.05, 3.63) is 95.6 Å². The molecule has 0 unspecified atom stereocenters. The molecule has 5 heteroatoms. The Balaban J connectivity index is 1.72. The van der Waals surface area contributed by atoms with Crippen LogP contribution >= 0.6 is 0 Å². The monoisotopic (exact) mass is 373 g/mol. The highest BCUT2D eigenvalue weighted by atomic mass is 19.1. The van der Waals surface area contributed by atoms with Gasteiger partial charge in [0.1, 0.15) is 18.2 Å². The fourth-order valence-corrected chi connectivity index (χ4v) is 2.94. The molecule has 1 aromatic heterocycles. The summed E-state index contributed by atoms with van der Waals surface area (Å²) in [4.78, 5) is 0. The zero-order valence-corrected chi connectivity index (χ0v) is 15.8. The van der Waals surface area contributed by atoms with Crippen LogP contribution in [0, 0.1) is 19.7 Å². The van der Waals surface area contributed by atoms with E-state index in [1.165, 1.54) is 17.7 Å². The largest absolute Gasteiger partial charge is 0.486 e. The molecule has 0 aliphatic rings. The Bertz CT molecular complexity index is 1070. The lowest BCUT2D eigenvalue weighted by Crippen LogP contribution is -2.07. The quantitative estimate of drug-likeness (QED) is 0.478. The third-order valence-electron chi connectivity index (χ3n) is 4.51. The van der Waals surface area contributed by atoms with Crippen LogP contribution in [0.25, 0.3) is 17.1 Å². The first kappa shape index (κ1) is 17.9. The maximum atomic E-state index is 13.3. The van der Waals surface area contributed by atoms with Gasteiger partial charge in [0.2, 0.25) is 0 Å². The fraction of sp³-hybridized carbons (Fsp3) is 0.130. The van der Waals surface area contributed by atoms with Crippen LogP contribution in [-0.4, -0.2) is 14.8 Å². The maximum absolute atomic E-state index is 13.3. The summed E-state index contributed by atoms with van der Waals surface area (Å²) in [5, 5.41) is 8.69. The molecule has 1 heterocycles. The average Bonchev–Trinajstić information content (AvgIpc) is 3.13. The summed E-state index contributed by atoms with van der Waals surface area (Å²) in [5.74, 6) is 1.80. The van der Waals surface area contributed by atoms with E-state index in [1.807, 2.05) is 66.9 Å². The second-order valence-electron chi connectivity index (χ2n) is 6.72. The van der Waals surface area contributed by atoms with Gasteiger partial charge in [-0.3, -0.25) is 4.57 Å². The van der Waals surface area contributed by atoms with E-state index in [1.54, 1.807) is 12.1 Å². The van der Waals surface area contributed by atoms with Crippen LogP contribution in [0.1, 0.15) is 17.0 Å². The first-order chi connectivity index (χ1) is 13.6. The van der Waals surface area contributed by atoms with Crippen molar-refractivity contribution in [2.24, 2.45) is 0 Å². The molecule has 4 aromatic rings. The Labute approximate surface area is 163 Å². The lowest BCUT2D eigenvalue weighted by Gasteiger charge is -2.12. The van der Waals surface area contributed by atoms with Crippen LogP contribution in [0.2, 0.25) is 0 Å². The van der Waals surface area contributed by atoms with Gasteiger partial charge >= 0.3 is 0 Å². The lowest BCUT2D eigenvalue weighted by atomic mass is 10.2. The van der Waals surface area contributed by atoms with E-state index in [0.29, 0.717) is 11.6 Å². The molecule has 0 amide bonds. The fourth-order valence-electron chi connectivity index (χ4n) is 2.94. The van der Waals surface area contributed by atoms with Gasteiger partial charge in [0.15, 0.2) is 11.6 Å². The molecule has 0 radical (unpaired) electrons. The lowest BCUT2D eigenvalue weighted by molar-refractivity contribution is 0.293. The van der Waals surface area contributed by atoms with Crippen molar-refractivity contribution in [1.29, 1.82) is 0 Å². The summed E-state index contributed by atoms with van der Waals surface area (Å²) in [6.45, 7) is 4.34. The minimum Gasteiger partial charge on any atom is -0.486 e. The zero-order valence-electron chi connectivity index (χ0n) is 15.8. The molecule has 0 atom stereocenters. The molecule has 4 rings (SSSR count). The molecule has 140 valence electrons. The van der Waals surface area contributed by atoms with Gasteiger partial charge in [-0.05, 0) is 62.4 Å². The first-order valence-corrected chi connectivity index (χ1v) is 9.07. The van der Waals surface area contributed by atoms with Crippen molar-refractivity contribution < 1.29 is 9.13 Å². The highest BCUT2D eigenvalue weighted by molar-refractivity contribution is 5.58. The first-order valence-electron chi connectivity index (χ1n) is 9.07. The number of benzene rings is 3. The van der Waals surface area contributed by atoms with Gasteiger partial charge in [-0.1, -0.05) is 35.4 Å². The molecule has 28 heavy (non-hydrogen) atoms. The predicted octanol–water partition coefficient (Wildman–Crippen LogP) is 5.27. The summed E-state index contributed by atoms with van der Waals surface area (Å²) in [6, 6.07) is 22.2. The van der Waals surface area contributed by atoms with E-state index in [2.05, 4.69) is 10.2 Å². The van der Waals surface area contributed by atoms with Crippen LogP contribution in [0.3, 0.4) is 0 Å². The molecule has 0 fully saturated rings. The second-order valence-corrected chi connectivity index (χ2v) is 6.72. The molecule has 0 saturated heterocycles. The molecular weight excluding hydrogens is 353 g/mol. The summed E-state index contributed by atoms with van der Waals surface area (Å²) in [7, 11) is 0. The van der Waals surface area contributed by atoms with Crippen molar-refractivity contribution in [2.45, 2.75) is 20.5 Å². The van der Waals surface area contributed by atoms with Crippen LogP contribution in [0.5, 0.6) is 5.75 Å². The Morgan fingerprint density at radius 1 is 0.786 bits per heavy atom. The minimum absolute atomic E-state index is 0.269. The molecule has 0 aliphatic heterocycles. The van der Waals surface area contributed by atoms with Gasteiger partial charge in [-0.15, -0.1) is 10.2 Å². The Hall–Kier alpha value is -3.47. The number of halogens is 1. The zero-order chi connectivity index (χ0) is 19.5.